The number of piperidine rings is 1. The summed E-state index contributed by atoms with van der Waals surface area (Å²) >= 11 is 3.09. The number of nitrogens with zero attached hydrogens (tertiary/aromatic N) is 1. The molecule has 1 fully saturated rings. The van der Waals surface area contributed by atoms with Gasteiger partial charge in [-0.3, -0.25) is 4.79 Å². The lowest BCUT2D eigenvalue weighted by atomic mass is 9.98. The van der Waals surface area contributed by atoms with E-state index in [2.05, 4.69) is 15.9 Å². The van der Waals surface area contributed by atoms with E-state index in [-0.39, 0.29) is 5.91 Å². The smallest absolute Gasteiger partial charge is 0.253 e. The number of ether oxygens (including phenoxy) is 1. The first-order valence-corrected chi connectivity index (χ1v) is 7.14. The molecule has 1 saturated heterocycles. The van der Waals surface area contributed by atoms with E-state index in [1.54, 1.807) is 24.1 Å². The van der Waals surface area contributed by atoms with Crippen LogP contribution in [0.4, 0.5) is 4.39 Å². The predicted molar refractivity (Wildman–Crippen MR) is 74.6 cm³/mol. The average molecular weight is 330 g/mol. The maximum Gasteiger partial charge on any atom is 0.253 e. The summed E-state index contributed by atoms with van der Waals surface area (Å²) < 4.78 is 19.0. The van der Waals surface area contributed by atoms with Crippen molar-refractivity contribution >= 4 is 21.8 Å². The molecule has 0 radical (unpaired) electrons. The summed E-state index contributed by atoms with van der Waals surface area (Å²) in [6.45, 7) is 2.08. The summed E-state index contributed by atoms with van der Waals surface area (Å²) in [4.78, 5) is 14.1. The Morgan fingerprint density at radius 1 is 1.58 bits per heavy atom. The normalized spacial score (nSPS) is 19.5. The van der Waals surface area contributed by atoms with Gasteiger partial charge in [-0.15, -0.1) is 0 Å². The Morgan fingerprint density at radius 2 is 2.37 bits per heavy atom. The highest BCUT2D eigenvalue weighted by molar-refractivity contribution is 9.10. The van der Waals surface area contributed by atoms with Crippen LogP contribution >= 0.6 is 15.9 Å². The first-order chi connectivity index (χ1) is 9.11. The highest BCUT2D eigenvalue weighted by Crippen LogP contribution is 2.21. The molecule has 0 aromatic heterocycles. The standard InChI is InChI=1S/C14H17BrFNO2/c1-19-9-10-3-2-6-17(8-10)14(18)11-4-5-12(15)13(16)7-11/h4-5,7,10H,2-3,6,8-9H2,1H3. The number of hydrogen-bond donors (Lipinski definition) is 0. The minimum Gasteiger partial charge on any atom is -0.384 e. The molecule has 1 heterocycles. The van der Waals surface area contributed by atoms with E-state index in [1.165, 1.54) is 6.07 Å². The van der Waals surface area contributed by atoms with Crippen molar-refractivity contribution in [3.8, 4) is 0 Å². The zero-order chi connectivity index (χ0) is 13.8. The first kappa shape index (κ1) is 14.5. The molecule has 5 heteroatoms. The van der Waals surface area contributed by atoms with Crippen molar-refractivity contribution in [2.24, 2.45) is 5.92 Å². The number of halogens is 2. The summed E-state index contributed by atoms with van der Waals surface area (Å²) in [5.41, 5.74) is 0.402. The van der Waals surface area contributed by atoms with Gasteiger partial charge in [0.05, 0.1) is 11.1 Å². The fourth-order valence-electron chi connectivity index (χ4n) is 2.43. The van der Waals surface area contributed by atoms with Crippen molar-refractivity contribution in [2.45, 2.75) is 12.8 Å². The molecule has 0 saturated carbocycles. The van der Waals surface area contributed by atoms with Gasteiger partial charge in [-0.2, -0.15) is 0 Å². The largest absolute Gasteiger partial charge is 0.384 e. The number of carbonyl (C=O) groups excluding carboxylic acids is 1. The van der Waals surface area contributed by atoms with Crippen molar-refractivity contribution in [2.75, 3.05) is 26.8 Å². The van der Waals surface area contributed by atoms with Crippen molar-refractivity contribution < 1.29 is 13.9 Å². The lowest BCUT2D eigenvalue weighted by Crippen LogP contribution is -2.41. The number of rotatable bonds is 3. The lowest BCUT2D eigenvalue weighted by molar-refractivity contribution is 0.0570. The van der Waals surface area contributed by atoms with E-state index in [0.29, 0.717) is 29.1 Å². The van der Waals surface area contributed by atoms with Crippen LogP contribution in [0.5, 0.6) is 0 Å². The molecule has 2 rings (SSSR count). The monoisotopic (exact) mass is 329 g/mol. The van der Waals surface area contributed by atoms with Crippen LogP contribution in [-0.4, -0.2) is 37.6 Å². The van der Waals surface area contributed by atoms with Gasteiger partial charge < -0.3 is 9.64 Å². The summed E-state index contributed by atoms with van der Waals surface area (Å²) in [5, 5.41) is 0. The van der Waals surface area contributed by atoms with Gasteiger partial charge in [0.1, 0.15) is 5.82 Å². The molecular weight excluding hydrogens is 313 g/mol. The Morgan fingerprint density at radius 3 is 3.05 bits per heavy atom. The Hall–Kier alpha value is -0.940. The maximum atomic E-state index is 13.5. The molecule has 3 nitrogen and oxygen atoms in total. The molecule has 1 aromatic carbocycles. The Balaban J connectivity index is 2.08. The summed E-state index contributed by atoms with van der Waals surface area (Å²) in [6.07, 6.45) is 2.05. The number of likely N-dealkylation sites (tertiary alicyclic amines) is 1. The Labute approximate surface area is 120 Å². The van der Waals surface area contributed by atoms with Gasteiger partial charge >= 0.3 is 0 Å². The number of methoxy groups -OCH3 is 1. The first-order valence-electron chi connectivity index (χ1n) is 6.35. The molecule has 1 unspecified atom stereocenters. The minimum atomic E-state index is -0.406. The Bertz CT molecular complexity index is 465. The van der Waals surface area contributed by atoms with Gasteiger partial charge in [-0.25, -0.2) is 4.39 Å². The molecule has 104 valence electrons. The van der Waals surface area contributed by atoms with Crippen LogP contribution in [0.1, 0.15) is 23.2 Å². The summed E-state index contributed by atoms with van der Waals surface area (Å²) in [5.74, 6) is -0.133. The number of amides is 1. The SMILES string of the molecule is COCC1CCCN(C(=O)c2ccc(Br)c(F)c2)C1. The topological polar surface area (TPSA) is 29.5 Å². The van der Waals surface area contributed by atoms with E-state index in [9.17, 15) is 9.18 Å². The third-order valence-electron chi connectivity index (χ3n) is 3.38. The van der Waals surface area contributed by atoms with Gasteiger partial charge in [0.2, 0.25) is 0 Å². The zero-order valence-electron chi connectivity index (χ0n) is 10.9. The van der Waals surface area contributed by atoms with Gasteiger partial charge in [-0.1, -0.05) is 0 Å². The van der Waals surface area contributed by atoms with E-state index >= 15 is 0 Å². The lowest BCUT2D eigenvalue weighted by Gasteiger charge is -2.32. The van der Waals surface area contributed by atoms with E-state index in [4.69, 9.17) is 4.74 Å². The van der Waals surface area contributed by atoms with Gasteiger partial charge in [0.25, 0.3) is 5.91 Å². The molecule has 0 N–H and O–H groups in total. The molecule has 19 heavy (non-hydrogen) atoms. The van der Waals surface area contributed by atoms with Crippen LogP contribution in [0.15, 0.2) is 22.7 Å². The van der Waals surface area contributed by atoms with E-state index in [1.807, 2.05) is 0 Å². The van der Waals surface area contributed by atoms with Crippen LogP contribution in [-0.2, 0) is 4.74 Å². The summed E-state index contributed by atoms with van der Waals surface area (Å²) in [7, 11) is 1.67. The van der Waals surface area contributed by atoms with Crippen LogP contribution in [0.25, 0.3) is 0 Å². The minimum absolute atomic E-state index is 0.104. The highest BCUT2D eigenvalue weighted by Gasteiger charge is 2.24. The van der Waals surface area contributed by atoms with Crippen LogP contribution < -0.4 is 0 Å². The second-order valence-electron chi connectivity index (χ2n) is 4.84. The van der Waals surface area contributed by atoms with Gasteiger partial charge in [0.15, 0.2) is 0 Å². The van der Waals surface area contributed by atoms with Crippen LogP contribution in [0.3, 0.4) is 0 Å². The maximum absolute atomic E-state index is 13.5. The number of carbonyl (C=O) groups is 1. The van der Waals surface area contributed by atoms with Gasteiger partial charge in [-0.05, 0) is 52.9 Å². The molecule has 0 aliphatic carbocycles. The average Bonchev–Trinajstić information content (AvgIpc) is 2.42. The summed E-state index contributed by atoms with van der Waals surface area (Å²) in [6, 6.07) is 4.50. The quantitative estimate of drug-likeness (QED) is 0.852. The van der Waals surface area contributed by atoms with Crippen LogP contribution in [0, 0.1) is 11.7 Å². The third kappa shape index (κ3) is 3.54. The molecule has 0 bridgehead atoms. The molecule has 1 aliphatic heterocycles. The second kappa shape index (κ2) is 6.48. The van der Waals surface area contributed by atoms with E-state index < -0.39 is 5.82 Å². The van der Waals surface area contributed by atoms with Crippen molar-refractivity contribution in [3.63, 3.8) is 0 Å². The van der Waals surface area contributed by atoms with Crippen LogP contribution in [0.2, 0.25) is 0 Å². The Kier molecular flexibility index (Phi) is 4.93. The number of hydrogen-bond acceptors (Lipinski definition) is 2. The molecule has 1 amide bonds. The molecule has 1 atom stereocenters. The van der Waals surface area contributed by atoms with Crippen molar-refractivity contribution in [1.82, 2.24) is 4.90 Å². The number of benzene rings is 1. The molecule has 1 aliphatic rings. The second-order valence-corrected chi connectivity index (χ2v) is 5.70. The van der Waals surface area contributed by atoms with Crippen molar-refractivity contribution in [3.05, 3.63) is 34.1 Å². The molecule has 1 aromatic rings. The fraction of sp³-hybridized carbons (Fsp3) is 0.500. The molecular formula is C14H17BrFNO2. The van der Waals surface area contributed by atoms with Gasteiger partial charge in [0, 0.05) is 25.8 Å². The van der Waals surface area contributed by atoms with E-state index in [0.717, 1.165) is 19.4 Å². The van der Waals surface area contributed by atoms with Crippen molar-refractivity contribution in [1.29, 1.82) is 0 Å². The fourth-order valence-corrected chi connectivity index (χ4v) is 2.68. The predicted octanol–water partition coefficient (Wildman–Crippen LogP) is 3.09. The highest BCUT2D eigenvalue weighted by atomic mass is 79.9. The zero-order valence-corrected chi connectivity index (χ0v) is 12.5. The third-order valence-corrected chi connectivity index (χ3v) is 4.02. The molecule has 0 spiro atoms.